The highest BCUT2D eigenvalue weighted by Gasteiger charge is 2.20. The van der Waals surface area contributed by atoms with Crippen LogP contribution in [0.15, 0.2) is 46.7 Å². The highest BCUT2D eigenvalue weighted by atomic mass is 35.5. The molecule has 0 spiro atoms. The fraction of sp³-hybridized carbons (Fsp3) is 0.333. The largest absolute Gasteiger partial charge is 0.243 e. The molecule has 1 aromatic heterocycles. The van der Waals surface area contributed by atoms with E-state index in [0.717, 1.165) is 23.3 Å². The molecule has 2 aromatic rings. The van der Waals surface area contributed by atoms with Crippen molar-refractivity contribution in [2.45, 2.75) is 24.3 Å². The minimum absolute atomic E-state index is 0.330. The molecule has 3 nitrogen and oxygen atoms in total. The number of halogens is 1. The first-order valence-corrected chi connectivity index (χ1v) is 9.53. The number of thiophene rings is 1. The average molecular weight is 344 g/mol. The first-order chi connectivity index (χ1) is 10.0. The van der Waals surface area contributed by atoms with Crippen LogP contribution < -0.4 is 0 Å². The molecule has 2 rings (SSSR count). The van der Waals surface area contributed by atoms with E-state index in [1.165, 1.54) is 4.31 Å². The Morgan fingerprint density at radius 3 is 2.48 bits per heavy atom. The smallest absolute Gasteiger partial charge is 0.207 e. The Morgan fingerprint density at radius 2 is 1.90 bits per heavy atom. The zero-order chi connectivity index (χ0) is 15.3. The van der Waals surface area contributed by atoms with Crippen LogP contribution in [0.25, 0.3) is 0 Å². The number of benzene rings is 1. The van der Waals surface area contributed by atoms with Crippen molar-refractivity contribution in [3.8, 4) is 0 Å². The van der Waals surface area contributed by atoms with Gasteiger partial charge in [0, 0.05) is 24.3 Å². The third-order valence-corrected chi connectivity index (χ3v) is 6.14. The second-order valence-electron chi connectivity index (χ2n) is 4.78. The van der Waals surface area contributed by atoms with Gasteiger partial charge in [-0.05, 0) is 42.0 Å². The van der Waals surface area contributed by atoms with Crippen molar-refractivity contribution < 1.29 is 8.42 Å². The van der Waals surface area contributed by atoms with E-state index in [2.05, 4.69) is 0 Å². The Balaban J connectivity index is 2.11. The summed E-state index contributed by atoms with van der Waals surface area (Å²) in [5.41, 5.74) is 1.11. The standard InChI is InChI=1S/C15H18ClNO2S2/c1-17(12-14-5-3-11-20-14)21(18,19)15-8-6-13(7-9-15)4-2-10-16/h3,5-9,11H,2,4,10,12H2,1H3. The van der Waals surface area contributed by atoms with Crippen LogP contribution >= 0.6 is 22.9 Å². The Labute approximate surface area is 135 Å². The minimum atomic E-state index is -3.44. The quantitative estimate of drug-likeness (QED) is 0.718. The SMILES string of the molecule is CN(Cc1cccs1)S(=O)(=O)c1ccc(CCCCl)cc1. The molecule has 0 atom stereocenters. The lowest BCUT2D eigenvalue weighted by Gasteiger charge is -2.16. The summed E-state index contributed by atoms with van der Waals surface area (Å²) in [5, 5.41) is 1.95. The van der Waals surface area contributed by atoms with Crippen molar-refractivity contribution in [1.82, 2.24) is 4.31 Å². The van der Waals surface area contributed by atoms with Gasteiger partial charge in [0.15, 0.2) is 0 Å². The molecule has 0 aliphatic heterocycles. The van der Waals surface area contributed by atoms with Crippen LogP contribution in [0.5, 0.6) is 0 Å². The molecule has 6 heteroatoms. The molecule has 0 bridgehead atoms. The molecule has 0 radical (unpaired) electrons. The highest BCUT2D eigenvalue weighted by molar-refractivity contribution is 7.89. The summed E-state index contributed by atoms with van der Waals surface area (Å²) >= 11 is 7.22. The van der Waals surface area contributed by atoms with Crippen LogP contribution in [-0.4, -0.2) is 25.7 Å². The Morgan fingerprint density at radius 1 is 1.19 bits per heavy atom. The minimum Gasteiger partial charge on any atom is -0.207 e. The van der Waals surface area contributed by atoms with Gasteiger partial charge in [-0.1, -0.05) is 18.2 Å². The van der Waals surface area contributed by atoms with Gasteiger partial charge in [-0.3, -0.25) is 0 Å². The predicted molar refractivity (Wildman–Crippen MR) is 88.5 cm³/mol. The lowest BCUT2D eigenvalue weighted by atomic mass is 10.1. The topological polar surface area (TPSA) is 37.4 Å². The van der Waals surface area contributed by atoms with Crippen LogP contribution in [-0.2, 0) is 23.0 Å². The second kappa shape index (κ2) is 7.40. The van der Waals surface area contributed by atoms with Gasteiger partial charge < -0.3 is 0 Å². The monoisotopic (exact) mass is 343 g/mol. The number of hydrogen-bond acceptors (Lipinski definition) is 3. The van der Waals surface area contributed by atoms with E-state index in [0.29, 0.717) is 17.3 Å². The Bertz CT molecular complexity index is 651. The summed E-state index contributed by atoms with van der Waals surface area (Å²) < 4.78 is 26.4. The van der Waals surface area contributed by atoms with Crippen molar-refractivity contribution in [1.29, 1.82) is 0 Å². The van der Waals surface area contributed by atoms with E-state index >= 15 is 0 Å². The van der Waals surface area contributed by atoms with Crippen LogP contribution in [0.3, 0.4) is 0 Å². The maximum absolute atomic E-state index is 12.5. The van der Waals surface area contributed by atoms with Gasteiger partial charge in [-0.25, -0.2) is 8.42 Å². The fourth-order valence-electron chi connectivity index (χ4n) is 1.99. The highest BCUT2D eigenvalue weighted by Crippen LogP contribution is 2.19. The first kappa shape index (κ1) is 16.5. The molecule has 21 heavy (non-hydrogen) atoms. The molecule has 1 heterocycles. The maximum atomic E-state index is 12.5. The lowest BCUT2D eigenvalue weighted by molar-refractivity contribution is 0.469. The van der Waals surface area contributed by atoms with Gasteiger partial charge in [-0.2, -0.15) is 4.31 Å². The number of alkyl halides is 1. The fourth-order valence-corrected chi connectivity index (χ4v) is 4.11. The van der Waals surface area contributed by atoms with E-state index in [1.807, 2.05) is 29.6 Å². The van der Waals surface area contributed by atoms with Gasteiger partial charge in [0.2, 0.25) is 10.0 Å². The van der Waals surface area contributed by atoms with E-state index in [4.69, 9.17) is 11.6 Å². The van der Waals surface area contributed by atoms with Gasteiger partial charge in [0.1, 0.15) is 0 Å². The van der Waals surface area contributed by atoms with E-state index in [-0.39, 0.29) is 0 Å². The van der Waals surface area contributed by atoms with E-state index in [9.17, 15) is 8.42 Å². The molecular weight excluding hydrogens is 326 g/mol. The lowest BCUT2D eigenvalue weighted by Crippen LogP contribution is -2.26. The molecule has 0 aliphatic rings. The third kappa shape index (κ3) is 4.30. The van der Waals surface area contributed by atoms with Crippen molar-refractivity contribution >= 4 is 33.0 Å². The van der Waals surface area contributed by atoms with Crippen molar-refractivity contribution in [2.75, 3.05) is 12.9 Å². The summed E-state index contributed by atoms with van der Waals surface area (Å²) in [6.45, 7) is 0.397. The molecular formula is C15H18ClNO2S2. The van der Waals surface area contributed by atoms with Gasteiger partial charge in [0.05, 0.1) is 4.90 Å². The van der Waals surface area contributed by atoms with Crippen LogP contribution in [0.2, 0.25) is 0 Å². The van der Waals surface area contributed by atoms with Gasteiger partial charge in [0.25, 0.3) is 0 Å². The van der Waals surface area contributed by atoms with Gasteiger partial charge in [-0.15, -0.1) is 22.9 Å². The third-order valence-electron chi connectivity index (χ3n) is 3.19. The van der Waals surface area contributed by atoms with E-state index in [1.54, 1.807) is 30.5 Å². The maximum Gasteiger partial charge on any atom is 0.243 e. The van der Waals surface area contributed by atoms with Crippen LogP contribution in [0.1, 0.15) is 16.9 Å². The normalized spacial score (nSPS) is 12.0. The van der Waals surface area contributed by atoms with Crippen LogP contribution in [0.4, 0.5) is 0 Å². The van der Waals surface area contributed by atoms with Crippen molar-refractivity contribution in [2.24, 2.45) is 0 Å². The zero-order valence-corrected chi connectivity index (χ0v) is 14.2. The molecule has 0 N–H and O–H groups in total. The molecule has 0 fully saturated rings. The predicted octanol–water partition coefficient (Wildman–Crippen LogP) is 3.74. The van der Waals surface area contributed by atoms with Gasteiger partial charge >= 0.3 is 0 Å². The molecule has 0 amide bonds. The number of nitrogens with zero attached hydrogens (tertiary/aromatic N) is 1. The summed E-state index contributed by atoms with van der Waals surface area (Å²) in [4.78, 5) is 1.36. The Kier molecular flexibility index (Phi) is 5.81. The Hall–Kier alpha value is -0.880. The summed E-state index contributed by atoms with van der Waals surface area (Å²) in [6.07, 6.45) is 1.76. The van der Waals surface area contributed by atoms with Crippen molar-refractivity contribution in [3.63, 3.8) is 0 Å². The molecule has 0 saturated heterocycles. The summed E-state index contributed by atoms with van der Waals surface area (Å²) in [5.74, 6) is 0.615. The summed E-state index contributed by atoms with van der Waals surface area (Å²) in [7, 11) is -1.83. The molecule has 1 aromatic carbocycles. The molecule has 0 saturated carbocycles. The number of rotatable bonds is 7. The average Bonchev–Trinajstić information content (AvgIpc) is 2.98. The second-order valence-corrected chi connectivity index (χ2v) is 8.23. The number of hydrogen-bond donors (Lipinski definition) is 0. The van der Waals surface area contributed by atoms with Crippen LogP contribution in [0, 0.1) is 0 Å². The zero-order valence-electron chi connectivity index (χ0n) is 11.8. The molecule has 114 valence electrons. The first-order valence-electron chi connectivity index (χ1n) is 6.67. The number of sulfonamides is 1. The number of aryl methyl sites for hydroxylation is 1. The molecule has 0 unspecified atom stereocenters. The summed E-state index contributed by atoms with van der Waals surface area (Å²) in [6, 6.07) is 10.9. The van der Waals surface area contributed by atoms with Crippen molar-refractivity contribution in [3.05, 3.63) is 52.2 Å². The molecule has 0 aliphatic carbocycles. The van der Waals surface area contributed by atoms with E-state index < -0.39 is 10.0 Å².